The summed E-state index contributed by atoms with van der Waals surface area (Å²) < 4.78 is 5.24. The van der Waals surface area contributed by atoms with Gasteiger partial charge < -0.3 is 10.5 Å². The number of nitriles is 1. The van der Waals surface area contributed by atoms with Crippen molar-refractivity contribution in [3.8, 4) is 6.07 Å². The Morgan fingerprint density at radius 3 is 2.57 bits per heavy atom. The average molecular weight is 536 g/mol. The highest BCUT2D eigenvalue weighted by atomic mass is 35.5. The third-order valence-electron chi connectivity index (χ3n) is 7.58. The first kappa shape index (κ1) is 25.6. The van der Waals surface area contributed by atoms with Gasteiger partial charge in [0.1, 0.15) is 10.8 Å². The number of hydrogen-bond acceptors (Lipinski definition) is 7. The topological polar surface area (TPSA) is 96.4 Å². The van der Waals surface area contributed by atoms with E-state index in [2.05, 4.69) is 19.9 Å². The lowest BCUT2D eigenvalue weighted by Gasteiger charge is -2.43. The molecule has 2 aromatic rings. The number of esters is 1. The molecule has 1 aromatic heterocycles. The van der Waals surface area contributed by atoms with Gasteiger partial charge in [0.25, 0.3) is 0 Å². The molecule has 0 spiro atoms. The number of carbonyl (C=O) groups excluding carboxylic acids is 2. The van der Waals surface area contributed by atoms with Crippen molar-refractivity contribution >= 4 is 39.7 Å². The predicted octanol–water partition coefficient (Wildman–Crippen LogP) is 6.40. The van der Waals surface area contributed by atoms with Crippen LogP contribution in [-0.4, -0.2) is 18.9 Å². The van der Waals surface area contributed by atoms with E-state index < -0.39 is 11.9 Å². The predicted molar refractivity (Wildman–Crippen MR) is 145 cm³/mol. The minimum absolute atomic E-state index is 0.00538. The maximum Gasteiger partial charge on any atom is 0.341 e. The summed E-state index contributed by atoms with van der Waals surface area (Å²) in [5.74, 6) is -0.747. The summed E-state index contributed by atoms with van der Waals surface area (Å²) in [7, 11) is 1.39. The van der Waals surface area contributed by atoms with Gasteiger partial charge in [-0.15, -0.1) is 11.3 Å². The number of thiophene rings is 1. The van der Waals surface area contributed by atoms with Crippen LogP contribution < -0.4 is 10.6 Å². The fourth-order valence-corrected chi connectivity index (χ4v) is 7.47. The third-order valence-corrected chi connectivity index (χ3v) is 9.11. The van der Waals surface area contributed by atoms with Crippen molar-refractivity contribution in [1.29, 1.82) is 5.26 Å². The lowest BCUT2D eigenvalue weighted by Crippen LogP contribution is -2.42. The molecule has 0 fully saturated rings. The molecule has 1 unspecified atom stereocenters. The number of fused-ring (bicyclic) bond motifs is 1. The molecule has 192 valence electrons. The lowest BCUT2D eigenvalue weighted by molar-refractivity contribution is -0.118. The van der Waals surface area contributed by atoms with Crippen LogP contribution in [0.15, 0.2) is 46.9 Å². The number of methoxy groups -OCH3 is 1. The largest absolute Gasteiger partial charge is 0.465 e. The van der Waals surface area contributed by atoms with Crippen LogP contribution >= 0.6 is 22.9 Å². The van der Waals surface area contributed by atoms with Crippen LogP contribution in [0.5, 0.6) is 0 Å². The molecule has 2 heterocycles. The van der Waals surface area contributed by atoms with E-state index in [1.807, 2.05) is 17.0 Å². The summed E-state index contributed by atoms with van der Waals surface area (Å²) in [6.07, 6.45) is 5.80. The average Bonchev–Trinajstić information content (AvgIpc) is 3.04. The lowest BCUT2D eigenvalue weighted by atomic mass is 9.68. The first-order valence-electron chi connectivity index (χ1n) is 12.6. The van der Waals surface area contributed by atoms with Crippen LogP contribution in [0, 0.1) is 16.7 Å². The maximum atomic E-state index is 13.8. The SMILES string of the molecule is COC(=O)c1c(N2C(N)=C(C#N)C(c3ccc(Cl)cc3)C3=C2CC(C)(C)CC3=O)sc2c1CCCCC2. The van der Waals surface area contributed by atoms with Crippen molar-refractivity contribution in [3.05, 3.63) is 73.5 Å². The Bertz CT molecular complexity index is 1390. The molecular weight excluding hydrogens is 506 g/mol. The molecule has 6 nitrogen and oxygen atoms in total. The molecule has 3 aliphatic rings. The second kappa shape index (κ2) is 9.66. The van der Waals surface area contributed by atoms with Gasteiger partial charge in [0.05, 0.1) is 30.2 Å². The van der Waals surface area contributed by atoms with Crippen molar-refractivity contribution in [2.75, 3.05) is 12.0 Å². The van der Waals surface area contributed by atoms with Crippen LogP contribution in [0.3, 0.4) is 0 Å². The van der Waals surface area contributed by atoms with Gasteiger partial charge in [-0.1, -0.05) is 44.0 Å². The number of benzene rings is 1. The third kappa shape index (κ3) is 4.36. The highest BCUT2D eigenvalue weighted by Crippen LogP contribution is 2.53. The van der Waals surface area contributed by atoms with Crippen molar-refractivity contribution < 1.29 is 14.3 Å². The molecular formula is C29H30ClN3O3S. The zero-order chi connectivity index (χ0) is 26.5. The minimum Gasteiger partial charge on any atom is -0.465 e. The van der Waals surface area contributed by atoms with Crippen molar-refractivity contribution in [1.82, 2.24) is 0 Å². The molecule has 0 saturated heterocycles. The van der Waals surface area contributed by atoms with Gasteiger partial charge in [0.2, 0.25) is 0 Å². The number of rotatable bonds is 3. The van der Waals surface area contributed by atoms with E-state index in [1.165, 1.54) is 18.4 Å². The summed E-state index contributed by atoms with van der Waals surface area (Å²) in [5.41, 5.74) is 10.5. The van der Waals surface area contributed by atoms with Crippen LogP contribution in [0.4, 0.5) is 5.00 Å². The number of halogens is 1. The second-order valence-electron chi connectivity index (χ2n) is 10.8. The van der Waals surface area contributed by atoms with Crippen LogP contribution in [0.2, 0.25) is 5.02 Å². The van der Waals surface area contributed by atoms with Crippen LogP contribution in [0.25, 0.3) is 0 Å². The van der Waals surface area contributed by atoms with Crippen molar-refractivity contribution in [3.63, 3.8) is 0 Å². The first-order chi connectivity index (χ1) is 17.7. The van der Waals surface area contributed by atoms with E-state index in [0.29, 0.717) is 39.6 Å². The first-order valence-corrected chi connectivity index (χ1v) is 13.8. The van der Waals surface area contributed by atoms with E-state index in [0.717, 1.165) is 53.8 Å². The highest BCUT2D eigenvalue weighted by molar-refractivity contribution is 7.16. The van der Waals surface area contributed by atoms with Gasteiger partial charge >= 0.3 is 5.97 Å². The monoisotopic (exact) mass is 535 g/mol. The number of nitrogens with two attached hydrogens (primary N) is 1. The van der Waals surface area contributed by atoms with Crippen LogP contribution in [-0.2, 0) is 22.4 Å². The standard InChI is InChI=1S/C29H30ClN3O3S/c1-29(2)13-20-25(21(34)14-29)23(16-9-11-17(30)12-10-16)19(15-31)26(32)33(20)27-24(28(35)36-3)18-7-5-4-6-8-22(18)37-27/h9-12,23H,4-8,13-14,32H2,1-3H3. The molecule has 5 rings (SSSR count). The molecule has 37 heavy (non-hydrogen) atoms. The summed E-state index contributed by atoms with van der Waals surface area (Å²) in [5, 5.41) is 11.6. The zero-order valence-electron chi connectivity index (χ0n) is 21.3. The molecule has 1 atom stereocenters. The molecule has 0 bridgehead atoms. The van der Waals surface area contributed by atoms with Gasteiger partial charge in [-0.2, -0.15) is 5.26 Å². The Labute approximate surface area is 226 Å². The number of carbonyl (C=O) groups is 2. The number of ether oxygens (including phenoxy) is 1. The second-order valence-corrected chi connectivity index (χ2v) is 12.3. The Hall–Kier alpha value is -3.08. The summed E-state index contributed by atoms with van der Waals surface area (Å²) in [6, 6.07) is 9.52. The van der Waals surface area contributed by atoms with Gasteiger partial charge in [-0.05, 0) is 60.8 Å². The number of hydrogen-bond donors (Lipinski definition) is 1. The van der Waals surface area contributed by atoms with E-state index in [-0.39, 0.29) is 17.0 Å². The summed E-state index contributed by atoms with van der Waals surface area (Å²) in [6.45, 7) is 4.13. The fraction of sp³-hybridized carbons (Fsp3) is 0.414. The van der Waals surface area contributed by atoms with Gasteiger partial charge in [-0.25, -0.2) is 4.79 Å². The molecule has 2 aliphatic carbocycles. The van der Waals surface area contributed by atoms with Crippen molar-refractivity contribution in [2.45, 2.75) is 64.7 Å². The molecule has 0 amide bonds. The molecule has 0 saturated carbocycles. The van der Waals surface area contributed by atoms with Crippen molar-refractivity contribution in [2.24, 2.45) is 11.1 Å². The summed E-state index contributed by atoms with van der Waals surface area (Å²) in [4.78, 5) is 30.0. The molecule has 8 heteroatoms. The number of Topliss-reactive ketones (excluding diaryl/α,β-unsaturated/α-hetero) is 1. The molecule has 1 aliphatic heterocycles. The number of allylic oxidation sites excluding steroid dienone is 3. The Kier molecular flexibility index (Phi) is 6.68. The van der Waals surface area contributed by atoms with E-state index in [1.54, 1.807) is 12.1 Å². The molecule has 1 aromatic carbocycles. The Morgan fingerprint density at radius 2 is 1.89 bits per heavy atom. The van der Waals surface area contributed by atoms with E-state index in [4.69, 9.17) is 22.1 Å². The van der Waals surface area contributed by atoms with Gasteiger partial charge in [0.15, 0.2) is 5.78 Å². The minimum atomic E-state index is -0.587. The van der Waals surface area contributed by atoms with Crippen LogP contribution in [0.1, 0.15) is 78.2 Å². The highest BCUT2D eigenvalue weighted by Gasteiger charge is 2.46. The smallest absolute Gasteiger partial charge is 0.341 e. The Morgan fingerprint density at radius 1 is 1.19 bits per heavy atom. The molecule has 2 N–H and O–H groups in total. The maximum absolute atomic E-state index is 13.8. The van der Waals surface area contributed by atoms with Gasteiger partial charge in [-0.3, -0.25) is 9.69 Å². The van der Waals surface area contributed by atoms with Gasteiger partial charge in [0, 0.05) is 27.6 Å². The number of nitrogens with zero attached hydrogens (tertiary/aromatic N) is 2. The van der Waals surface area contributed by atoms with E-state index >= 15 is 0 Å². The quantitative estimate of drug-likeness (QED) is 0.361. The summed E-state index contributed by atoms with van der Waals surface area (Å²) >= 11 is 7.68. The molecule has 0 radical (unpaired) electrons. The number of anilines is 1. The fourth-order valence-electron chi connectivity index (χ4n) is 5.93. The number of aryl methyl sites for hydroxylation is 1. The number of ketones is 1. The Balaban J connectivity index is 1.80. The zero-order valence-corrected chi connectivity index (χ0v) is 22.9. The van der Waals surface area contributed by atoms with E-state index in [9.17, 15) is 14.9 Å². The normalized spacial score (nSPS) is 21.2.